The van der Waals surface area contributed by atoms with Crippen LogP contribution in [0.25, 0.3) is 0 Å². The van der Waals surface area contributed by atoms with Gasteiger partial charge in [0.15, 0.2) is 0 Å². The second-order valence-corrected chi connectivity index (χ2v) is 5.00. The second-order valence-electron chi connectivity index (χ2n) is 4.56. The number of amides is 1. The van der Waals surface area contributed by atoms with Gasteiger partial charge in [0.1, 0.15) is 0 Å². The zero-order valence-electron chi connectivity index (χ0n) is 10.5. The lowest BCUT2D eigenvalue weighted by molar-refractivity contribution is -0.114. The molecule has 4 nitrogen and oxygen atoms in total. The molecule has 0 bridgehead atoms. The Morgan fingerprint density at radius 3 is 2.80 bits per heavy atom. The topological polar surface area (TPSA) is 50.3 Å². The molecule has 0 atom stereocenters. The molecule has 0 spiro atoms. The number of rotatable bonds is 3. The molecule has 20 heavy (non-hydrogen) atoms. The van der Waals surface area contributed by atoms with E-state index < -0.39 is 11.7 Å². The molecule has 0 radical (unpaired) electrons. The molecule has 0 saturated heterocycles. The molecular weight excluding hydrogens is 276 g/mol. The molecule has 2 aromatic rings. The highest BCUT2D eigenvalue weighted by atomic mass is 35.5. The van der Waals surface area contributed by atoms with E-state index in [1.54, 1.807) is 30.6 Å². The van der Waals surface area contributed by atoms with Crippen molar-refractivity contribution in [1.29, 1.82) is 0 Å². The Hall–Kier alpha value is -2.20. The molecule has 0 fully saturated rings. The molecule has 0 unspecified atom stereocenters. The summed E-state index contributed by atoms with van der Waals surface area (Å²) in [5.41, 5.74) is 2.03. The van der Waals surface area contributed by atoms with Gasteiger partial charge in [-0.15, -0.1) is 0 Å². The number of nitrogens with zero attached hydrogens (tertiary/aromatic N) is 2. The van der Waals surface area contributed by atoms with Crippen molar-refractivity contribution in [2.45, 2.75) is 6.42 Å². The number of ketones is 1. The lowest BCUT2D eigenvalue weighted by Crippen LogP contribution is -2.31. The molecule has 0 saturated carbocycles. The van der Waals surface area contributed by atoms with Gasteiger partial charge < -0.3 is 4.90 Å². The number of halogens is 1. The van der Waals surface area contributed by atoms with E-state index in [0.717, 1.165) is 5.56 Å². The van der Waals surface area contributed by atoms with Crippen LogP contribution in [-0.4, -0.2) is 23.2 Å². The van der Waals surface area contributed by atoms with E-state index in [9.17, 15) is 9.59 Å². The van der Waals surface area contributed by atoms with Crippen LogP contribution in [0.1, 0.15) is 15.9 Å². The number of carbonyl (C=O) groups is 2. The third kappa shape index (κ3) is 2.18. The van der Waals surface area contributed by atoms with Crippen LogP contribution in [-0.2, 0) is 11.2 Å². The van der Waals surface area contributed by atoms with E-state index in [4.69, 9.17) is 11.6 Å². The summed E-state index contributed by atoms with van der Waals surface area (Å²) in [6, 6.07) is 8.66. The summed E-state index contributed by atoms with van der Waals surface area (Å²) in [4.78, 5) is 29.4. The summed E-state index contributed by atoms with van der Waals surface area (Å²) in [6.07, 6.45) is 4.09. The number of benzene rings is 1. The van der Waals surface area contributed by atoms with E-state index in [2.05, 4.69) is 4.98 Å². The van der Waals surface area contributed by atoms with Gasteiger partial charge in [-0.3, -0.25) is 14.6 Å². The van der Waals surface area contributed by atoms with Crippen molar-refractivity contribution < 1.29 is 9.59 Å². The number of aromatic nitrogens is 1. The van der Waals surface area contributed by atoms with Crippen LogP contribution in [0.15, 0.2) is 42.7 Å². The number of carbonyl (C=O) groups excluding carboxylic acids is 2. The fourth-order valence-electron chi connectivity index (χ4n) is 2.28. The molecule has 2 heterocycles. The van der Waals surface area contributed by atoms with Gasteiger partial charge in [0.05, 0.1) is 11.3 Å². The lowest BCUT2D eigenvalue weighted by atomic mass is 10.1. The summed E-state index contributed by atoms with van der Waals surface area (Å²) >= 11 is 5.94. The summed E-state index contributed by atoms with van der Waals surface area (Å²) in [5, 5.41) is 0.512. The van der Waals surface area contributed by atoms with Crippen LogP contribution < -0.4 is 4.90 Å². The first-order chi connectivity index (χ1) is 9.66. The molecule has 100 valence electrons. The van der Waals surface area contributed by atoms with Gasteiger partial charge in [-0.25, -0.2) is 0 Å². The Kier molecular flexibility index (Phi) is 3.24. The van der Waals surface area contributed by atoms with Crippen LogP contribution in [0.4, 0.5) is 5.69 Å². The average Bonchev–Trinajstić information content (AvgIpc) is 2.70. The van der Waals surface area contributed by atoms with E-state index in [0.29, 0.717) is 29.2 Å². The maximum atomic E-state index is 12.0. The zero-order valence-corrected chi connectivity index (χ0v) is 11.3. The van der Waals surface area contributed by atoms with Gasteiger partial charge in [-0.05, 0) is 36.2 Å². The van der Waals surface area contributed by atoms with Crippen molar-refractivity contribution >= 4 is 29.0 Å². The number of hydrogen-bond donors (Lipinski definition) is 0. The largest absolute Gasteiger partial charge is 0.304 e. The van der Waals surface area contributed by atoms with Crippen LogP contribution in [0.3, 0.4) is 0 Å². The molecule has 3 rings (SSSR count). The third-order valence-corrected chi connectivity index (χ3v) is 3.52. The van der Waals surface area contributed by atoms with Crippen molar-refractivity contribution in [3.8, 4) is 0 Å². The van der Waals surface area contributed by atoms with Crippen molar-refractivity contribution in [1.82, 2.24) is 4.98 Å². The highest BCUT2D eigenvalue weighted by molar-refractivity contribution is 6.52. The number of hydrogen-bond acceptors (Lipinski definition) is 3. The highest BCUT2D eigenvalue weighted by Gasteiger charge is 2.35. The van der Waals surface area contributed by atoms with Crippen molar-refractivity contribution in [3.05, 3.63) is 58.9 Å². The summed E-state index contributed by atoms with van der Waals surface area (Å²) < 4.78 is 0. The second kappa shape index (κ2) is 5.06. The molecule has 5 heteroatoms. The van der Waals surface area contributed by atoms with E-state index in [-0.39, 0.29) is 0 Å². The standard InChI is InChI=1S/C15H11ClN2O2/c16-11-3-4-12-13(8-11)18(15(20)14(12)19)7-5-10-2-1-6-17-9-10/h1-4,6,8-9H,5,7H2. The summed E-state index contributed by atoms with van der Waals surface area (Å²) in [7, 11) is 0. The van der Waals surface area contributed by atoms with E-state index in [1.165, 1.54) is 4.90 Å². The normalized spacial score (nSPS) is 13.8. The van der Waals surface area contributed by atoms with Crippen LogP contribution in [0.2, 0.25) is 5.02 Å². The average molecular weight is 287 g/mol. The Balaban J connectivity index is 1.86. The maximum Gasteiger partial charge on any atom is 0.299 e. The molecule has 1 amide bonds. The monoisotopic (exact) mass is 286 g/mol. The minimum absolute atomic E-state index is 0.422. The molecule has 1 aromatic carbocycles. The summed E-state index contributed by atoms with van der Waals surface area (Å²) in [5.74, 6) is -0.964. The van der Waals surface area contributed by atoms with Crippen molar-refractivity contribution in [2.75, 3.05) is 11.4 Å². The fraction of sp³-hybridized carbons (Fsp3) is 0.133. The Bertz CT molecular complexity index is 686. The van der Waals surface area contributed by atoms with Gasteiger partial charge >= 0.3 is 0 Å². The number of Topliss-reactive ketones (excluding diaryl/α,β-unsaturated/α-hetero) is 1. The van der Waals surface area contributed by atoms with Gasteiger partial charge in [-0.1, -0.05) is 17.7 Å². The molecular formula is C15H11ClN2O2. The number of pyridine rings is 1. The number of anilines is 1. The van der Waals surface area contributed by atoms with Gasteiger partial charge in [-0.2, -0.15) is 0 Å². The summed E-state index contributed by atoms with van der Waals surface area (Å²) in [6.45, 7) is 0.434. The van der Waals surface area contributed by atoms with Gasteiger partial charge in [0.25, 0.3) is 11.7 Å². The van der Waals surface area contributed by atoms with Gasteiger partial charge in [0, 0.05) is 24.0 Å². The Morgan fingerprint density at radius 2 is 2.05 bits per heavy atom. The SMILES string of the molecule is O=C1C(=O)N(CCc2cccnc2)c2cc(Cl)ccc21. The third-order valence-electron chi connectivity index (χ3n) is 3.28. The highest BCUT2D eigenvalue weighted by Crippen LogP contribution is 2.31. The quantitative estimate of drug-likeness (QED) is 0.815. The van der Waals surface area contributed by atoms with E-state index >= 15 is 0 Å². The minimum atomic E-state index is -0.494. The maximum absolute atomic E-state index is 12.0. The molecule has 0 aliphatic carbocycles. The van der Waals surface area contributed by atoms with Crippen LogP contribution in [0.5, 0.6) is 0 Å². The lowest BCUT2D eigenvalue weighted by Gasteiger charge is -2.16. The molecule has 1 aliphatic rings. The van der Waals surface area contributed by atoms with Gasteiger partial charge in [0.2, 0.25) is 0 Å². The predicted octanol–water partition coefficient (Wildman–Crippen LogP) is 2.51. The first-order valence-electron chi connectivity index (χ1n) is 6.21. The van der Waals surface area contributed by atoms with Crippen molar-refractivity contribution in [3.63, 3.8) is 0 Å². The minimum Gasteiger partial charge on any atom is -0.304 e. The molecule has 1 aromatic heterocycles. The number of fused-ring (bicyclic) bond motifs is 1. The first-order valence-corrected chi connectivity index (χ1v) is 6.59. The smallest absolute Gasteiger partial charge is 0.299 e. The molecule has 0 N–H and O–H groups in total. The fourth-order valence-corrected chi connectivity index (χ4v) is 2.44. The van der Waals surface area contributed by atoms with Crippen molar-refractivity contribution in [2.24, 2.45) is 0 Å². The first kappa shape index (κ1) is 12.8. The molecule has 1 aliphatic heterocycles. The van der Waals surface area contributed by atoms with Crippen LogP contribution in [0, 0.1) is 0 Å². The Labute approximate surface area is 121 Å². The zero-order chi connectivity index (χ0) is 14.1. The van der Waals surface area contributed by atoms with E-state index in [1.807, 2.05) is 12.1 Å². The Morgan fingerprint density at radius 1 is 1.20 bits per heavy atom. The van der Waals surface area contributed by atoms with Crippen LogP contribution >= 0.6 is 11.6 Å². The predicted molar refractivity (Wildman–Crippen MR) is 76.1 cm³/mol.